The van der Waals surface area contributed by atoms with E-state index in [0.29, 0.717) is 6.54 Å². The molecule has 0 fully saturated rings. The lowest BCUT2D eigenvalue weighted by Crippen LogP contribution is -2.16. The van der Waals surface area contributed by atoms with Gasteiger partial charge in [-0.3, -0.25) is 4.79 Å². The Morgan fingerprint density at radius 1 is 1.16 bits per heavy atom. The minimum absolute atomic E-state index is 0.0382. The minimum atomic E-state index is 0.0382. The zero-order valence-electron chi connectivity index (χ0n) is 10.6. The van der Waals surface area contributed by atoms with E-state index in [4.69, 9.17) is 4.98 Å². The van der Waals surface area contributed by atoms with Crippen molar-refractivity contribution in [3.63, 3.8) is 0 Å². The van der Waals surface area contributed by atoms with Crippen molar-refractivity contribution in [3.05, 3.63) is 63.9 Å². The summed E-state index contributed by atoms with van der Waals surface area (Å²) in [7, 11) is 0. The van der Waals surface area contributed by atoms with E-state index in [9.17, 15) is 4.79 Å². The molecule has 1 aliphatic rings. The van der Waals surface area contributed by atoms with Crippen LogP contribution in [0.2, 0.25) is 0 Å². The summed E-state index contributed by atoms with van der Waals surface area (Å²) in [5.41, 5.74) is 5.22. The van der Waals surface area contributed by atoms with Gasteiger partial charge in [-0.1, -0.05) is 24.3 Å². The summed E-state index contributed by atoms with van der Waals surface area (Å²) in [6.07, 6.45) is 0. The second kappa shape index (κ2) is 3.54. The van der Waals surface area contributed by atoms with Gasteiger partial charge in [-0.15, -0.1) is 0 Å². The molecule has 19 heavy (non-hydrogen) atoms. The summed E-state index contributed by atoms with van der Waals surface area (Å²) in [6, 6.07) is 13.7. The summed E-state index contributed by atoms with van der Waals surface area (Å²) in [4.78, 5) is 16.7. The second-order valence-electron chi connectivity index (χ2n) is 4.98. The molecule has 1 aromatic carbocycles. The van der Waals surface area contributed by atoms with Crippen molar-refractivity contribution in [1.29, 1.82) is 0 Å². The number of pyridine rings is 2. The Bertz CT molecular complexity index is 878. The van der Waals surface area contributed by atoms with E-state index in [1.165, 1.54) is 0 Å². The number of hydrogen-bond acceptors (Lipinski definition) is 2. The maximum absolute atomic E-state index is 11.9. The molecule has 0 aliphatic carbocycles. The molecule has 2 aromatic heterocycles. The smallest absolute Gasteiger partial charge is 0.251 e. The maximum Gasteiger partial charge on any atom is 0.251 e. The Balaban J connectivity index is 2.11. The highest BCUT2D eigenvalue weighted by molar-refractivity contribution is 5.86. The van der Waals surface area contributed by atoms with Gasteiger partial charge < -0.3 is 4.57 Å². The predicted octanol–water partition coefficient (Wildman–Crippen LogP) is 2.73. The lowest BCUT2D eigenvalue weighted by Gasteiger charge is -2.04. The van der Waals surface area contributed by atoms with Gasteiger partial charge in [-0.25, -0.2) is 4.98 Å². The van der Waals surface area contributed by atoms with Crippen LogP contribution in [0.25, 0.3) is 22.3 Å². The third kappa shape index (κ3) is 1.38. The van der Waals surface area contributed by atoms with E-state index >= 15 is 0 Å². The van der Waals surface area contributed by atoms with Crippen molar-refractivity contribution in [2.45, 2.75) is 13.5 Å². The van der Waals surface area contributed by atoms with Crippen LogP contribution in [0.15, 0.2) is 47.3 Å². The highest BCUT2D eigenvalue weighted by Gasteiger charge is 2.21. The molecule has 0 unspecified atom stereocenters. The van der Waals surface area contributed by atoms with E-state index in [1.54, 1.807) is 16.7 Å². The normalized spacial score (nSPS) is 12.5. The Morgan fingerprint density at radius 3 is 2.89 bits per heavy atom. The van der Waals surface area contributed by atoms with Crippen molar-refractivity contribution < 1.29 is 0 Å². The fourth-order valence-electron chi connectivity index (χ4n) is 2.79. The zero-order chi connectivity index (χ0) is 13.0. The molecule has 3 heterocycles. The van der Waals surface area contributed by atoms with Gasteiger partial charge in [0, 0.05) is 17.0 Å². The molecule has 0 spiro atoms. The van der Waals surface area contributed by atoms with Gasteiger partial charge in [0.05, 0.1) is 23.4 Å². The molecular weight excluding hydrogens is 236 g/mol. The molecule has 0 atom stereocenters. The van der Waals surface area contributed by atoms with Crippen molar-refractivity contribution >= 4 is 10.9 Å². The molecule has 0 radical (unpaired) electrons. The third-order valence-corrected chi connectivity index (χ3v) is 3.75. The Hall–Kier alpha value is -2.42. The first kappa shape index (κ1) is 10.5. The molecule has 0 N–H and O–H groups in total. The Morgan fingerprint density at radius 2 is 2.00 bits per heavy atom. The second-order valence-corrected chi connectivity index (χ2v) is 4.98. The number of hydrogen-bond donors (Lipinski definition) is 0. The molecule has 92 valence electrons. The van der Waals surface area contributed by atoms with Crippen molar-refractivity contribution in [2.75, 3.05) is 0 Å². The summed E-state index contributed by atoms with van der Waals surface area (Å²) in [6.45, 7) is 2.69. The van der Waals surface area contributed by atoms with E-state index in [0.717, 1.165) is 33.4 Å². The highest BCUT2D eigenvalue weighted by atomic mass is 16.1. The first-order valence-corrected chi connectivity index (χ1v) is 6.33. The average Bonchev–Trinajstić information content (AvgIpc) is 2.77. The van der Waals surface area contributed by atoms with E-state index in [-0.39, 0.29) is 5.56 Å². The van der Waals surface area contributed by atoms with Crippen LogP contribution in [0.4, 0.5) is 0 Å². The number of rotatable bonds is 0. The molecular formula is C16H12N2O. The van der Waals surface area contributed by atoms with Crippen LogP contribution in [0, 0.1) is 6.92 Å². The predicted molar refractivity (Wildman–Crippen MR) is 75.3 cm³/mol. The summed E-state index contributed by atoms with van der Waals surface area (Å²) in [5, 5.41) is 1.14. The molecule has 4 rings (SSSR count). The molecule has 0 saturated heterocycles. The van der Waals surface area contributed by atoms with Crippen molar-refractivity contribution in [3.8, 4) is 11.4 Å². The Kier molecular flexibility index (Phi) is 1.96. The molecule has 3 nitrogen and oxygen atoms in total. The number of benzene rings is 1. The van der Waals surface area contributed by atoms with E-state index < -0.39 is 0 Å². The first-order chi connectivity index (χ1) is 9.24. The van der Waals surface area contributed by atoms with Gasteiger partial charge in [0.2, 0.25) is 0 Å². The number of fused-ring (bicyclic) bond motifs is 4. The largest absolute Gasteiger partial charge is 0.302 e. The highest BCUT2D eigenvalue weighted by Crippen LogP contribution is 2.31. The van der Waals surface area contributed by atoms with Gasteiger partial charge in [0.25, 0.3) is 5.56 Å². The molecule has 0 bridgehead atoms. The third-order valence-electron chi connectivity index (χ3n) is 3.75. The number of para-hydroxylation sites is 1. The van der Waals surface area contributed by atoms with Crippen LogP contribution >= 0.6 is 0 Å². The molecule has 1 aliphatic heterocycles. The van der Waals surface area contributed by atoms with Gasteiger partial charge in [-0.05, 0) is 24.6 Å². The van der Waals surface area contributed by atoms with Crippen LogP contribution in [0.1, 0.15) is 11.1 Å². The van der Waals surface area contributed by atoms with Gasteiger partial charge >= 0.3 is 0 Å². The number of nitrogens with zero attached hydrogens (tertiary/aromatic N) is 2. The van der Waals surface area contributed by atoms with Gasteiger partial charge in [-0.2, -0.15) is 0 Å². The summed E-state index contributed by atoms with van der Waals surface area (Å²) < 4.78 is 1.78. The fourth-order valence-corrected chi connectivity index (χ4v) is 2.79. The first-order valence-electron chi connectivity index (χ1n) is 6.33. The molecule has 3 aromatic rings. The van der Waals surface area contributed by atoms with Gasteiger partial charge in [0.1, 0.15) is 0 Å². The minimum Gasteiger partial charge on any atom is -0.302 e. The van der Waals surface area contributed by atoms with E-state index in [1.807, 2.05) is 12.1 Å². The quantitative estimate of drug-likeness (QED) is 0.479. The Labute approximate surface area is 110 Å². The number of aryl methyl sites for hydroxylation is 1. The SMILES string of the molecule is Cc1cccc2cc3c(nc12)-c1cccc(=O)n1C3. The molecule has 3 heteroatoms. The topological polar surface area (TPSA) is 34.9 Å². The summed E-state index contributed by atoms with van der Waals surface area (Å²) >= 11 is 0. The van der Waals surface area contributed by atoms with Crippen LogP contribution in [0.5, 0.6) is 0 Å². The van der Waals surface area contributed by atoms with Crippen LogP contribution < -0.4 is 5.56 Å². The van der Waals surface area contributed by atoms with Gasteiger partial charge in [0.15, 0.2) is 0 Å². The fraction of sp³-hybridized carbons (Fsp3) is 0.125. The van der Waals surface area contributed by atoms with Crippen molar-refractivity contribution in [1.82, 2.24) is 9.55 Å². The van der Waals surface area contributed by atoms with Crippen LogP contribution in [-0.2, 0) is 6.54 Å². The van der Waals surface area contributed by atoms with E-state index in [2.05, 4.69) is 25.1 Å². The standard InChI is InChI=1S/C16H12N2O/c1-10-4-2-5-11-8-12-9-18-13(6-3-7-14(18)19)16(12)17-15(10)11/h2-8H,9H2,1H3. The maximum atomic E-state index is 11.9. The molecule has 0 amide bonds. The van der Waals surface area contributed by atoms with Crippen molar-refractivity contribution in [2.24, 2.45) is 0 Å². The summed E-state index contributed by atoms with van der Waals surface area (Å²) in [5.74, 6) is 0. The lowest BCUT2D eigenvalue weighted by molar-refractivity contribution is 0.804. The monoisotopic (exact) mass is 248 g/mol. The average molecular weight is 248 g/mol. The zero-order valence-corrected chi connectivity index (χ0v) is 10.6. The van der Waals surface area contributed by atoms with Crippen LogP contribution in [-0.4, -0.2) is 9.55 Å². The lowest BCUT2D eigenvalue weighted by atomic mass is 10.1. The molecule has 0 saturated carbocycles. The van der Waals surface area contributed by atoms with Crippen LogP contribution in [0.3, 0.4) is 0 Å². The number of aromatic nitrogens is 2.